The SMILES string of the molecule is NNc1cccc(C(=O)Nc2ccc3c(c2)OCO3)n1. The lowest BCUT2D eigenvalue weighted by Gasteiger charge is -2.06. The van der Waals surface area contributed by atoms with Gasteiger partial charge in [-0.2, -0.15) is 0 Å². The molecule has 7 heteroatoms. The van der Waals surface area contributed by atoms with E-state index in [4.69, 9.17) is 15.3 Å². The van der Waals surface area contributed by atoms with Crippen LogP contribution in [-0.2, 0) is 0 Å². The molecule has 102 valence electrons. The second-order valence-electron chi connectivity index (χ2n) is 4.07. The molecule has 3 rings (SSSR count). The Hall–Kier alpha value is -2.80. The third-order valence-corrected chi connectivity index (χ3v) is 2.76. The first kappa shape index (κ1) is 12.2. The number of carbonyl (C=O) groups excluding carboxylic acids is 1. The normalized spacial score (nSPS) is 12.1. The molecule has 20 heavy (non-hydrogen) atoms. The molecule has 2 heterocycles. The van der Waals surface area contributed by atoms with Crippen molar-refractivity contribution in [1.82, 2.24) is 4.98 Å². The molecular formula is C13H12N4O3. The first-order chi connectivity index (χ1) is 9.76. The van der Waals surface area contributed by atoms with Gasteiger partial charge in [0, 0.05) is 11.8 Å². The van der Waals surface area contributed by atoms with E-state index in [2.05, 4.69) is 15.7 Å². The number of nitrogens with one attached hydrogen (secondary N) is 2. The third-order valence-electron chi connectivity index (χ3n) is 2.76. The van der Waals surface area contributed by atoms with Crippen LogP contribution >= 0.6 is 0 Å². The second kappa shape index (κ2) is 5.06. The number of nitrogens with two attached hydrogens (primary N) is 1. The molecule has 7 nitrogen and oxygen atoms in total. The summed E-state index contributed by atoms with van der Waals surface area (Å²) in [6, 6.07) is 10.1. The van der Waals surface area contributed by atoms with Crippen LogP contribution in [0.15, 0.2) is 36.4 Å². The van der Waals surface area contributed by atoms with Crippen molar-refractivity contribution in [1.29, 1.82) is 0 Å². The predicted molar refractivity (Wildman–Crippen MR) is 72.6 cm³/mol. The number of nitrogens with zero attached hydrogens (tertiary/aromatic N) is 1. The van der Waals surface area contributed by atoms with Crippen LogP contribution in [-0.4, -0.2) is 17.7 Å². The molecule has 4 N–H and O–H groups in total. The number of benzene rings is 1. The first-order valence-corrected chi connectivity index (χ1v) is 5.91. The topological polar surface area (TPSA) is 98.5 Å². The summed E-state index contributed by atoms with van der Waals surface area (Å²) >= 11 is 0. The van der Waals surface area contributed by atoms with Crippen molar-refractivity contribution < 1.29 is 14.3 Å². The summed E-state index contributed by atoms with van der Waals surface area (Å²) in [6.45, 7) is 0.193. The molecule has 0 fully saturated rings. The maximum absolute atomic E-state index is 12.1. The van der Waals surface area contributed by atoms with Gasteiger partial charge in [-0.3, -0.25) is 4.79 Å². The Morgan fingerprint density at radius 1 is 1.20 bits per heavy atom. The summed E-state index contributed by atoms with van der Waals surface area (Å²) in [6.07, 6.45) is 0. The highest BCUT2D eigenvalue weighted by atomic mass is 16.7. The van der Waals surface area contributed by atoms with Crippen molar-refractivity contribution >= 4 is 17.4 Å². The molecule has 0 saturated carbocycles. The van der Waals surface area contributed by atoms with E-state index >= 15 is 0 Å². The molecule has 0 unspecified atom stereocenters. The number of hydrogen-bond acceptors (Lipinski definition) is 6. The van der Waals surface area contributed by atoms with E-state index in [-0.39, 0.29) is 18.4 Å². The van der Waals surface area contributed by atoms with Crippen molar-refractivity contribution in [2.45, 2.75) is 0 Å². The maximum Gasteiger partial charge on any atom is 0.274 e. The van der Waals surface area contributed by atoms with Crippen LogP contribution in [0.5, 0.6) is 11.5 Å². The maximum atomic E-state index is 12.1. The van der Waals surface area contributed by atoms with Gasteiger partial charge in [-0.15, -0.1) is 0 Å². The predicted octanol–water partition coefficient (Wildman–Crippen LogP) is 1.35. The van der Waals surface area contributed by atoms with E-state index in [0.717, 1.165) is 0 Å². The van der Waals surface area contributed by atoms with Gasteiger partial charge in [-0.05, 0) is 24.3 Å². The Kier molecular flexibility index (Phi) is 3.10. The number of nitrogen functional groups attached to an aromatic ring is 1. The number of ether oxygens (including phenoxy) is 2. The molecule has 1 aliphatic heterocycles. The molecule has 1 amide bonds. The Labute approximate surface area is 114 Å². The second-order valence-corrected chi connectivity index (χ2v) is 4.07. The van der Waals surface area contributed by atoms with Crippen LogP contribution in [0.4, 0.5) is 11.5 Å². The summed E-state index contributed by atoms with van der Waals surface area (Å²) in [4.78, 5) is 16.1. The van der Waals surface area contributed by atoms with Gasteiger partial charge in [-0.1, -0.05) is 6.07 Å². The van der Waals surface area contributed by atoms with Gasteiger partial charge in [0.15, 0.2) is 11.5 Å². The number of aromatic nitrogens is 1. The number of rotatable bonds is 3. The van der Waals surface area contributed by atoms with Gasteiger partial charge >= 0.3 is 0 Å². The van der Waals surface area contributed by atoms with Crippen LogP contribution in [0.3, 0.4) is 0 Å². The van der Waals surface area contributed by atoms with E-state index in [0.29, 0.717) is 23.0 Å². The van der Waals surface area contributed by atoms with Crippen LogP contribution in [0.2, 0.25) is 0 Å². The van der Waals surface area contributed by atoms with Crippen molar-refractivity contribution in [3.63, 3.8) is 0 Å². The molecule has 1 aromatic heterocycles. The first-order valence-electron chi connectivity index (χ1n) is 5.91. The number of anilines is 2. The molecular weight excluding hydrogens is 260 g/mol. The largest absolute Gasteiger partial charge is 0.454 e. The van der Waals surface area contributed by atoms with Crippen LogP contribution in [0.1, 0.15) is 10.5 Å². The molecule has 0 bridgehead atoms. The monoisotopic (exact) mass is 272 g/mol. The zero-order chi connectivity index (χ0) is 13.9. The summed E-state index contributed by atoms with van der Waals surface area (Å²) < 4.78 is 10.5. The molecule has 0 atom stereocenters. The fraction of sp³-hybridized carbons (Fsp3) is 0.0769. The number of hydrazine groups is 1. The number of hydrogen-bond donors (Lipinski definition) is 3. The van der Waals surface area contributed by atoms with Crippen molar-refractivity contribution in [3.8, 4) is 11.5 Å². The number of pyridine rings is 1. The summed E-state index contributed by atoms with van der Waals surface area (Å²) in [5.74, 6) is 6.61. The lowest BCUT2D eigenvalue weighted by molar-refractivity contribution is 0.102. The fourth-order valence-corrected chi connectivity index (χ4v) is 1.81. The van der Waals surface area contributed by atoms with Crippen LogP contribution in [0.25, 0.3) is 0 Å². The van der Waals surface area contributed by atoms with E-state index in [9.17, 15) is 4.79 Å². The quantitative estimate of drug-likeness (QED) is 0.576. The Morgan fingerprint density at radius 3 is 2.90 bits per heavy atom. The van der Waals surface area contributed by atoms with E-state index in [1.807, 2.05) is 0 Å². The molecule has 0 spiro atoms. The molecule has 1 aliphatic rings. The number of amides is 1. The van der Waals surface area contributed by atoms with E-state index < -0.39 is 0 Å². The third kappa shape index (κ3) is 2.34. The lowest BCUT2D eigenvalue weighted by Crippen LogP contribution is -2.16. The molecule has 0 saturated heterocycles. The molecule has 1 aromatic carbocycles. The number of carbonyl (C=O) groups is 1. The van der Waals surface area contributed by atoms with Gasteiger partial charge in [-0.25, -0.2) is 10.8 Å². The van der Waals surface area contributed by atoms with Gasteiger partial charge in [0.25, 0.3) is 5.91 Å². The van der Waals surface area contributed by atoms with Crippen molar-refractivity contribution in [3.05, 3.63) is 42.1 Å². The van der Waals surface area contributed by atoms with Crippen LogP contribution in [0, 0.1) is 0 Å². The van der Waals surface area contributed by atoms with E-state index in [1.165, 1.54) is 0 Å². The van der Waals surface area contributed by atoms with Gasteiger partial charge in [0.05, 0.1) is 0 Å². The smallest absolute Gasteiger partial charge is 0.274 e. The zero-order valence-electron chi connectivity index (χ0n) is 10.4. The Balaban J connectivity index is 1.78. The zero-order valence-corrected chi connectivity index (χ0v) is 10.4. The van der Waals surface area contributed by atoms with Gasteiger partial charge in [0.2, 0.25) is 6.79 Å². The molecule has 2 aromatic rings. The van der Waals surface area contributed by atoms with E-state index in [1.54, 1.807) is 36.4 Å². The minimum Gasteiger partial charge on any atom is -0.454 e. The highest BCUT2D eigenvalue weighted by Crippen LogP contribution is 2.34. The average molecular weight is 272 g/mol. The van der Waals surface area contributed by atoms with Crippen LogP contribution < -0.4 is 26.1 Å². The highest BCUT2D eigenvalue weighted by Gasteiger charge is 2.15. The number of fused-ring (bicyclic) bond motifs is 1. The summed E-state index contributed by atoms with van der Waals surface area (Å²) in [5, 5.41) is 2.73. The highest BCUT2D eigenvalue weighted by molar-refractivity contribution is 6.03. The average Bonchev–Trinajstić information content (AvgIpc) is 2.95. The van der Waals surface area contributed by atoms with Crippen molar-refractivity contribution in [2.24, 2.45) is 5.84 Å². The van der Waals surface area contributed by atoms with Crippen molar-refractivity contribution in [2.75, 3.05) is 17.5 Å². The molecule has 0 radical (unpaired) electrons. The minimum absolute atomic E-state index is 0.193. The van der Waals surface area contributed by atoms with Gasteiger partial charge in [0.1, 0.15) is 11.5 Å². The summed E-state index contributed by atoms with van der Waals surface area (Å²) in [7, 11) is 0. The Morgan fingerprint density at radius 2 is 2.05 bits per heavy atom. The Bertz CT molecular complexity index is 660. The minimum atomic E-state index is -0.332. The fourth-order valence-electron chi connectivity index (χ4n) is 1.81. The lowest BCUT2D eigenvalue weighted by atomic mass is 10.2. The standard InChI is InChI=1S/C13H12N4O3/c14-17-12-3-1-2-9(16-12)13(18)15-8-4-5-10-11(6-8)20-7-19-10/h1-6H,7,14H2,(H,15,18)(H,16,17). The molecule has 0 aliphatic carbocycles. The summed E-state index contributed by atoms with van der Waals surface area (Å²) in [5.41, 5.74) is 3.26. The van der Waals surface area contributed by atoms with Gasteiger partial charge < -0.3 is 20.2 Å².